The van der Waals surface area contributed by atoms with Crippen molar-refractivity contribution in [2.45, 2.75) is 38.1 Å². The van der Waals surface area contributed by atoms with E-state index in [-0.39, 0.29) is 30.4 Å². The maximum absolute atomic E-state index is 12.8. The molecule has 0 N–H and O–H groups in total. The normalized spacial score (nSPS) is 19.3. The molecule has 0 radical (unpaired) electrons. The van der Waals surface area contributed by atoms with Crippen LogP contribution in [-0.2, 0) is 14.3 Å². The van der Waals surface area contributed by atoms with Crippen molar-refractivity contribution in [1.82, 2.24) is 5.01 Å². The highest BCUT2D eigenvalue weighted by molar-refractivity contribution is 6.03. The van der Waals surface area contributed by atoms with Crippen LogP contribution in [0, 0.1) is 5.92 Å². The molecule has 2 aliphatic rings. The van der Waals surface area contributed by atoms with Crippen molar-refractivity contribution < 1.29 is 23.5 Å². The van der Waals surface area contributed by atoms with Gasteiger partial charge in [0.1, 0.15) is 17.6 Å². The molecule has 0 spiro atoms. The molecule has 2 aromatic rings. The lowest BCUT2D eigenvalue weighted by molar-refractivity contribution is -0.156. The molecule has 1 amide bonds. The number of carbonyl (C=O) groups excluding carboxylic acids is 2. The van der Waals surface area contributed by atoms with Crippen molar-refractivity contribution in [3.63, 3.8) is 0 Å². The number of ether oxygens (including phenoxy) is 2. The minimum atomic E-state index is -0.361. The van der Waals surface area contributed by atoms with Gasteiger partial charge in [-0.3, -0.25) is 9.59 Å². The Morgan fingerprint density at radius 2 is 1.93 bits per heavy atom. The Labute approximate surface area is 169 Å². The van der Waals surface area contributed by atoms with E-state index in [9.17, 15) is 9.59 Å². The standard InChI is InChI=1S/C22H24N2O5/c1-27-17-10-8-15(9-11-17)18-13-19(20-7-4-12-28-20)24(23-18)21(25)14-29-22(26)16-5-2-3-6-16/h4,7-12,16,19H,2-3,5-6,13-14H2,1H3/t19-/m0/s1. The fraction of sp³-hybridized carbons (Fsp3) is 0.409. The number of hydrogen-bond donors (Lipinski definition) is 0. The number of rotatable bonds is 6. The van der Waals surface area contributed by atoms with Gasteiger partial charge in [0, 0.05) is 6.42 Å². The summed E-state index contributed by atoms with van der Waals surface area (Å²) in [6.45, 7) is -0.314. The Morgan fingerprint density at radius 3 is 2.59 bits per heavy atom. The van der Waals surface area contributed by atoms with Gasteiger partial charge in [-0.15, -0.1) is 0 Å². The fourth-order valence-corrected chi connectivity index (χ4v) is 3.88. The lowest BCUT2D eigenvalue weighted by atomic mass is 10.0. The number of carbonyl (C=O) groups is 2. The first-order chi connectivity index (χ1) is 14.2. The van der Waals surface area contributed by atoms with Gasteiger partial charge in [-0.2, -0.15) is 5.10 Å². The average Bonchev–Trinajstić information content (AvgIpc) is 3.52. The van der Waals surface area contributed by atoms with Crippen LogP contribution < -0.4 is 4.74 Å². The van der Waals surface area contributed by atoms with E-state index in [1.165, 1.54) is 5.01 Å². The second kappa shape index (κ2) is 8.51. The summed E-state index contributed by atoms with van der Waals surface area (Å²) in [5, 5.41) is 5.91. The zero-order valence-electron chi connectivity index (χ0n) is 16.4. The molecule has 1 aliphatic carbocycles. The molecule has 1 saturated carbocycles. The van der Waals surface area contributed by atoms with Crippen molar-refractivity contribution in [2.75, 3.05) is 13.7 Å². The van der Waals surface area contributed by atoms with Crippen LogP contribution in [0.1, 0.15) is 49.5 Å². The van der Waals surface area contributed by atoms with E-state index in [1.807, 2.05) is 30.3 Å². The third kappa shape index (κ3) is 4.18. The van der Waals surface area contributed by atoms with Crippen molar-refractivity contribution in [2.24, 2.45) is 11.0 Å². The summed E-state index contributed by atoms with van der Waals surface area (Å²) in [5.74, 6) is 0.667. The minimum Gasteiger partial charge on any atom is -0.497 e. The number of nitrogens with zero attached hydrogens (tertiary/aromatic N) is 2. The first kappa shape index (κ1) is 19.2. The summed E-state index contributed by atoms with van der Waals surface area (Å²) >= 11 is 0. The maximum atomic E-state index is 12.8. The summed E-state index contributed by atoms with van der Waals surface area (Å²) in [4.78, 5) is 25.0. The second-order valence-electron chi connectivity index (χ2n) is 7.34. The van der Waals surface area contributed by atoms with Gasteiger partial charge in [-0.1, -0.05) is 12.8 Å². The predicted octanol–water partition coefficient (Wildman–Crippen LogP) is 3.70. The summed E-state index contributed by atoms with van der Waals surface area (Å²) in [6, 6.07) is 10.8. The van der Waals surface area contributed by atoms with Gasteiger partial charge in [0.05, 0.1) is 25.0 Å². The van der Waals surface area contributed by atoms with E-state index >= 15 is 0 Å². The van der Waals surface area contributed by atoms with Crippen molar-refractivity contribution >= 4 is 17.6 Å². The lowest BCUT2D eigenvalue weighted by Crippen LogP contribution is -2.32. The van der Waals surface area contributed by atoms with Crippen molar-refractivity contribution in [3.8, 4) is 5.75 Å². The molecule has 29 heavy (non-hydrogen) atoms. The quantitative estimate of drug-likeness (QED) is 0.696. The lowest BCUT2D eigenvalue weighted by Gasteiger charge is -2.20. The molecule has 1 aliphatic heterocycles. The molecule has 0 saturated heterocycles. The fourth-order valence-electron chi connectivity index (χ4n) is 3.88. The highest BCUT2D eigenvalue weighted by atomic mass is 16.5. The molecule has 0 unspecified atom stereocenters. The molecule has 4 rings (SSSR count). The van der Waals surface area contributed by atoms with Crippen LogP contribution in [-0.4, -0.2) is 36.3 Å². The first-order valence-electron chi connectivity index (χ1n) is 9.89. The Balaban J connectivity index is 1.49. The highest BCUT2D eigenvalue weighted by Gasteiger charge is 2.35. The molecule has 1 aromatic heterocycles. The smallest absolute Gasteiger partial charge is 0.309 e. The molecular weight excluding hydrogens is 372 g/mol. The van der Waals surface area contributed by atoms with Crippen LogP contribution >= 0.6 is 0 Å². The van der Waals surface area contributed by atoms with E-state index in [2.05, 4.69) is 5.10 Å². The number of amides is 1. The summed E-state index contributed by atoms with van der Waals surface area (Å²) in [6.07, 6.45) is 5.84. The number of hydrogen-bond acceptors (Lipinski definition) is 6. The van der Waals surface area contributed by atoms with Crippen LogP contribution in [0.15, 0.2) is 52.2 Å². The third-order valence-corrected chi connectivity index (χ3v) is 5.49. The molecule has 0 bridgehead atoms. The topological polar surface area (TPSA) is 81.3 Å². The van der Waals surface area contributed by atoms with Gasteiger partial charge >= 0.3 is 5.97 Å². The zero-order chi connectivity index (χ0) is 20.2. The van der Waals surface area contributed by atoms with Gasteiger partial charge in [-0.05, 0) is 54.8 Å². The van der Waals surface area contributed by atoms with Gasteiger partial charge in [0.15, 0.2) is 6.61 Å². The first-order valence-corrected chi connectivity index (χ1v) is 9.89. The number of benzene rings is 1. The summed E-state index contributed by atoms with van der Waals surface area (Å²) in [7, 11) is 1.61. The zero-order valence-corrected chi connectivity index (χ0v) is 16.4. The van der Waals surface area contributed by atoms with E-state index < -0.39 is 0 Å². The van der Waals surface area contributed by atoms with Crippen molar-refractivity contribution in [1.29, 1.82) is 0 Å². The Bertz CT molecular complexity index is 882. The summed E-state index contributed by atoms with van der Waals surface area (Å²) < 4.78 is 16.0. The van der Waals surface area contributed by atoms with Crippen LogP contribution in [0.25, 0.3) is 0 Å². The van der Waals surface area contributed by atoms with Crippen LogP contribution in [0.5, 0.6) is 5.75 Å². The molecule has 7 nitrogen and oxygen atoms in total. The minimum absolute atomic E-state index is 0.0828. The van der Waals surface area contributed by atoms with Crippen molar-refractivity contribution in [3.05, 3.63) is 54.0 Å². The third-order valence-electron chi connectivity index (χ3n) is 5.49. The molecule has 152 valence electrons. The number of esters is 1. The van der Waals surface area contributed by atoms with Crippen LogP contribution in [0.4, 0.5) is 0 Å². The molecule has 1 fully saturated rings. The maximum Gasteiger partial charge on any atom is 0.309 e. The van der Waals surface area contributed by atoms with Gasteiger partial charge in [-0.25, -0.2) is 5.01 Å². The Hall–Kier alpha value is -3.09. The molecule has 1 aromatic carbocycles. The Morgan fingerprint density at radius 1 is 1.17 bits per heavy atom. The van der Waals surface area contributed by atoms with E-state index in [4.69, 9.17) is 13.9 Å². The molecule has 7 heteroatoms. The van der Waals surface area contributed by atoms with Gasteiger partial charge in [0.2, 0.25) is 0 Å². The summed E-state index contributed by atoms with van der Waals surface area (Å²) in [5.41, 5.74) is 1.67. The number of hydrazone groups is 1. The van der Waals surface area contributed by atoms with Gasteiger partial charge in [0.25, 0.3) is 5.91 Å². The largest absolute Gasteiger partial charge is 0.497 e. The van der Waals surface area contributed by atoms with E-state index in [1.54, 1.807) is 19.4 Å². The molecule has 1 atom stereocenters. The van der Waals surface area contributed by atoms with Crippen LogP contribution in [0.3, 0.4) is 0 Å². The molecular formula is C22H24N2O5. The number of methoxy groups -OCH3 is 1. The average molecular weight is 396 g/mol. The Kier molecular flexibility index (Phi) is 5.64. The molecule has 2 heterocycles. The van der Waals surface area contributed by atoms with E-state index in [0.29, 0.717) is 12.2 Å². The second-order valence-corrected chi connectivity index (χ2v) is 7.34. The number of furan rings is 1. The van der Waals surface area contributed by atoms with Crippen LogP contribution in [0.2, 0.25) is 0 Å². The SMILES string of the molecule is COc1ccc(C2=NN(C(=O)COC(=O)C3CCCC3)[C@H](c3ccco3)C2)cc1. The monoisotopic (exact) mass is 396 g/mol. The van der Waals surface area contributed by atoms with E-state index in [0.717, 1.165) is 42.7 Å². The highest BCUT2D eigenvalue weighted by Crippen LogP contribution is 2.33. The predicted molar refractivity (Wildman–Crippen MR) is 105 cm³/mol. The van der Waals surface area contributed by atoms with Gasteiger partial charge < -0.3 is 13.9 Å².